The molecule has 0 aliphatic heterocycles. The van der Waals surface area contributed by atoms with Crippen molar-refractivity contribution in [3.8, 4) is 0 Å². The number of ether oxygens (including phenoxy) is 2. The van der Waals surface area contributed by atoms with Crippen LogP contribution in [0.3, 0.4) is 0 Å². The smallest absolute Gasteiger partial charge is 0.219 e. The largest absolute Gasteiger partial charge is 0.382 e. The molecule has 0 fully saturated rings. The summed E-state index contributed by atoms with van der Waals surface area (Å²) in [6.07, 6.45) is 1.44. The van der Waals surface area contributed by atoms with Crippen LogP contribution >= 0.6 is 0 Å². The first kappa shape index (κ1) is 14.3. The minimum absolute atomic E-state index is 0.0909. The van der Waals surface area contributed by atoms with Crippen molar-refractivity contribution in [1.82, 2.24) is 10.6 Å². The molecule has 0 aliphatic rings. The zero-order chi connectivity index (χ0) is 11.4. The van der Waals surface area contributed by atoms with Gasteiger partial charge in [-0.2, -0.15) is 0 Å². The molecule has 5 nitrogen and oxygen atoms in total. The van der Waals surface area contributed by atoms with Gasteiger partial charge < -0.3 is 20.1 Å². The summed E-state index contributed by atoms with van der Waals surface area (Å²) in [5.41, 5.74) is 0. The van der Waals surface area contributed by atoms with E-state index in [9.17, 15) is 4.79 Å². The number of carbonyl (C=O) groups excluding carboxylic acids is 1. The Hall–Kier alpha value is -0.650. The normalized spacial score (nSPS) is 10.3. The first-order chi connectivity index (χ1) is 7.31. The molecule has 0 saturated carbocycles. The number of nitrogens with one attached hydrogen (secondary N) is 2. The molecule has 0 aromatic rings. The zero-order valence-electron chi connectivity index (χ0n) is 9.67. The van der Waals surface area contributed by atoms with Crippen LogP contribution in [0.1, 0.15) is 12.8 Å². The lowest BCUT2D eigenvalue weighted by atomic mass is 10.3. The highest BCUT2D eigenvalue weighted by Crippen LogP contribution is 1.85. The monoisotopic (exact) mass is 218 g/mol. The van der Waals surface area contributed by atoms with Gasteiger partial charge in [0.05, 0.1) is 19.8 Å². The summed E-state index contributed by atoms with van der Waals surface area (Å²) in [4.78, 5) is 10.8. The molecule has 0 aromatic heterocycles. The van der Waals surface area contributed by atoms with E-state index in [-0.39, 0.29) is 5.91 Å². The summed E-state index contributed by atoms with van der Waals surface area (Å²) in [6.45, 7) is 3.62. The third-order valence-corrected chi connectivity index (χ3v) is 1.89. The molecule has 0 unspecified atom stereocenters. The van der Waals surface area contributed by atoms with E-state index in [1.807, 2.05) is 0 Å². The Morgan fingerprint density at radius 3 is 2.67 bits per heavy atom. The van der Waals surface area contributed by atoms with Crippen molar-refractivity contribution in [3.05, 3.63) is 0 Å². The molecule has 0 rings (SSSR count). The van der Waals surface area contributed by atoms with Crippen molar-refractivity contribution in [3.63, 3.8) is 0 Å². The fraction of sp³-hybridized carbons (Fsp3) is 0.900. The van der Waals surface area contributed by atoms with E-state index >= 15 is 0 Å². The lowest BCUT2D eigenvalue weighted by Crippen LogP contribution is -2.24. The van der Waals surface area contributed by atoms with Gasteiger partial charge in [-0.1, -0.05) is 0 Å². The van der Waals surface area contributed by atoms with Gasteiger partial charge in [-0.05, 0) is 13.0 Å². The second-order valence-corrected chi connectivity index (χ2v) is 3.13. The molecule has 0 atom stereocenters. The van der Waals surface area contributed by atoms with E-state index < -0.39 is 0 Å². The summed E-state index contributed by atoms with van der Waals surface area (Å²) in [7, 11) is 3.31. The Balaban J connectivity index is 2.95. The van der Waals surface area contributed by atoms with Crippen LogP contribution in [0.4, 0.5) is 0 Å². The van der Waals surface area contributed by atoms with Crippen molar-refractivity contribution >= 4 is 5.91 Å². The fourth-order valence-corrected chi connectivity index (χ4v) is 1.01. The van der Waals surface area contributed by atoms with Gasteiger partial charge in [-0.15, -0.1) is 0 Å². The van der Waals surface area contributed by atoms with E-state index in [1.54, 1.807) is 14.2 Å². The predicted molar refractivity (Wildman–Crippen MR) is 58.9 cm³/mol. The molecule has 0 heterocycles. The van der Waals surface area contributed by atoms with Crippen LogP contribution < -0.4 is 10.6 Å². The SMILES string of the molecule is CNC(=O)CCCNCCOCCOC. The Kier molecular flexibility index (Phi) is 10.9. The molecule has 0 spiro atoms. The molecule has 0 aliphatic carbocycles. The van der Waals surface area contributed by atoms with Crippen LogP contribution in [-0.4, -0.2) is 53.0 Å². The van der Waals surface area contributed by atoms with E-state index in [0.29, 0.717) is 26.2 Å². The standard InChI is InChI=1S/C10H22N2O3/c1-11-10(13)4-3-5-12-6-7-15-9-8-14-2/h12H,3-9H2,1-2H3,(H,11,13). The highest BCUT2D eigenvalue weighted by molar-refractivity contribution is 5.75. The van der Waals surface area contributed by atoms with Gasteiger partial charge >= 0.3 is 0 Å². The Morgan fingerprint density at radius 1 is 1.20 bits per heavy atom. The van der Waals surface area contributed by atoms with E-state index in [4.69, 9.17) is 9.47 Å². The predicted octanol–water partition coefficient (Wildman–Crippen LogP) is -0.235. The minimum Gasteiger partial charge on any atom is -0.382 e. The third kappa shape index (κ3) is 11.3. The maximum absolute atomic E-state index is 10.8. The number of amides is 1. The summed E-state index contributed by atoms with van der Waals surface area (Å²) < 4.78 is 10.1. The Labute approximate surface area is 91.5 Å². The fourth-order valence-electron chi connectivity index (χ4n) is 1.01. The van der Waals surface area contributed by atoms with Crippen molar-refractivity contribution in [2.45, 2.75) is 12.8 Å². The number of hydrogen-bond acceptors (Lipinski definition) is 4. The van der Waals surface area contributed by atoms with E-state index in [0.717, 1.165) is 19.5 Å². The third-order valence-electron chi connectivity index (χ3n) is 1.89. The number of methoxy groups -OCH3 is 1. The molecule has 0 radical (unpaired) electrons. The number of hydrogen-bond donors (Lipinski definition) is 2. The topological polar surface area (TPSA) is 59.6 Å². The number of rotatable bonds is 10. The van der Waals surface area contributed by atoms with Crippen molar-refractivity contribution in [2.24, 2.45) is 0 Å². The van der Waals surface area contributed by atoms with Gasteiger partial charge in [-0.3, -0.25) is 4.79 Å². The highest BCUT2D eigenvalue weighted by Gasteiger charge is 1.96. The van der Waals surface area contributed by atoms with Crippen molar-refractivity contribution in [2.75, 3.05) is 47.1 Å². The van der Waals surface area contributed by atoms with E-state index in [2.05, 4.69) is 10.6 Å². The van der Waals surface area contributed by atoms with Crippen LogP contribution in [0.25, 0.3) is 0 Å². The van der Waals surface area contributed by atoms with Gasteiger partial charge in [0.1, 0.15) is 0 Å². The average molecular weight is 218 g/mol. The zero-order valence-corrected chi connectivity index (χ0v) is 9.67. The molecule has 0 aromatic carbocycles. The van der Waals surface area contributed by atoms with Crippen LogP contribution in [0.5, 0.6) is 0 Å². The molecule has 5 heteroatoms. The lowest BCUT2D eigenvalue weighted by Gasteiger charge is -2.05. The number of carbonyl (C=O) groups is 1. The molecule has 0 saturated heterocycles. The quantitative estimate of drug-likeness (QED) is 0.497. The lowest BCUT2D eigenvalue weighted by molar-refractivity contribution is -0.120. The van der Waals surface area contributed by atoms with Gasteiger partial charge in [0.2, 0.25) is 5.91 Å². The van der Waals surface area contributed by atoms with E-state index in [1.165, 1.54) is 0 Å². The van der Waals surface area contributed by atoms with Crippen LogP contribution in [0, 0.1) is 0 Å². The highest BCUT2D eigenvalue weighted by atomic mass is 16.5. The van der Waals surface area contributed by atoms with Gasteiger partial charge in [0.25, 0.3) is 0 Å². The van der Waals surface area contributed by atoms with Gasteiger partial charge in [0.15, 0.2) is 0 Å². The van der Waals surface area contributed by atoms with Gasteiger partial charge in [0, 0.05) is 27.1 Å². The molecule has 1 amide bonds. The van der Waals surface area contributed by atoms with Gasteiger partial charge in [-0.25, -0.2) is 0 Å². The molecule has 0 bridgehead atoms. The van der Waals surface area contributed by atoms with Crippen molar-refractivity contribution in [1.29, 1.82) is 0 Å². The summed E-state index contributed by atoms with van der Waals surface area (Å²) >= 11 is 0. The van der Waals surface area contributed by atoms with Crippen LogP contribution in [-0.2, 0) is 14.3 Å². The van der Waals surface area contributed by atoms with Crippen LogP contribution in [0.15, 0.2) is 0 Å². The van der Waals surface area contributed by atoms with Crippen LogP contribution in [0.2, 0.25) is 0 Å². The minimum atomic E-state index is 0.0909. The Bertz CT molecular complexity index is 154. The first-order valence-corrected chi connectivity index (χ1v) is 5.29. The maximum Gasteiger partial charge on any atom is 0.219 e. The summed E-state index contributed by atoms with van der Waals surface area (Å²) in [6, 6.07) is 0. The Morgan fingerprint density at radius 2 is 2.00 bits per heavy atom. The molecule has 15 heavy (non-hydrogen) atoms. The van der Waals surface area contributed by atoms with Crippen molar-refractivity contribution < 1.29 is 14.3 Å². The molecular formula is C10H22N2O3. The summed E-state index contributed by atoms with van der Waals surface area (Å²) in [5.74, 6) is 0.0909. The molecular weight excluding hydrogens is 196 g/mol. The molecule has 90 valence electrons. The second-order valence-electron chi connectivity index (χ2n) is 3.13. The molecule has 2 N–H and O–H groups in total. The second kappa shape index (κ2) is 11.4. The first-order valence-electron chi connectivity index (χ1n) is 5.29. The average Bonchev–Trinajstić information content (AvgIpc) is 2.26. The maximum atomic E-state index is 10.8. The summed E-state index contributed by atoms with van der Waals surface area (Å²) in [5, 5.41) is 5.78.